The van der Waals surface area contributed by atoms with Crippen molar-refractivity contribution in [1.29, 1.82) is 0 Å². The van der Waals surface area contributed by atoms with Gasteiger partial charge in [0.15, 0.2) is 0 Å². The standard InChI is InChI=1S/C36H67N/c1-4-5-6-7-8-9-10-11-12-13-17-28-37-29-18-15-20-31-22-24-33-32-23-21-30-19-14-16-26-35(30,2)34(32)25-27-36(31,33)3/h30-34,37H,4-29H2,1-3H3. The fraction of sp³-hybridized carbons (Fsp3) is 1.00. The minimum Gasteiger partial charge on any atom is -0.317 e. The molecule has 4 rings (SSSR count). The molecule has 0 heterocycles. The van der Waals surface area contributed by atoms with Gasteiger partial charge in [0.05, 0.1) is 0 Å². The molecule has 4 saturated carbocycles. The summed E-state index contributed by atoms with van der Waals surface area (Å²) >= 11 is 0. The highest BCUT2D eigenvalue weighted by Crippen LogP contribution is 2.67. The molecule has 37 heavy (non-hydrogen) atoms. The molecule has 1 N–H and O–H groups in total. The fourth-order valence-corrected chi connectivity index (χ4v) is 10.6. The first-order valence-corrected chi connectivity index (χ1v) is 17.8. The summed E-state index contributed by atoms with van der Waals surface area (Å²) in [5, 5.41) is 3.78. The van der Waals surface area contributed by atoms with Crippen molar-refractivity contribution in [2.45, 2.75) is 175 Å². The van der Waals surface area contributed by atoms with Gasteiger partial charge in [-0.3, -0.25) is 0 Å². The van der Waals surface area contributed by atoms with Gasteiger partial charge in [-0.1, -0.05) is 104 Å². The molecular weight excluding hydrogens is 446 g/mol. The zero-order valence-corrected chi connectivity index (χ0v) is 25.8. The predicted molar refractivity (Wildman–Crippen MR) is 163 cm³/mol. The molecule has 1 heteroatoms. The molecule has 0 aromatic heterocycles. The zero-order chi connectivity index (χ0) is 26.0. The Kier molecular flexibility index (Phi) is 12.2. The molecule has 4 fully saturated rings. The van der Waals surface area contributed by atoms with Gasteiger partial charge < -0.3 is 5.32 Å². The van der Waals surface area contributed by atoms with Crippen LogP contribution in [0.5, 0.6) is 0 Å². The molecule has 216 valence electrons. The van der Waals surface area contributed by atoms with E-state index in [0.29, 0.717) is 10.8 Å². The summed E-state index contributed by atoms with van der Waals surface area (Å²) in [6, 6.07) is 0. The van der Waals surface area contributed by atoms with Crippen molar-refractivity contribution in [3.63, 3.8) is 0 Å². The number of unbranched alkanes of at least 4 members (excludes halogenated alkanes) is 11. The Bertz CT molecular complexity index is 628. The lowest BCUT2D eigenvalue weighted by Crippen LogP contribution is -2.52. The van der Waals surface area contributed by atoms with Crippen molar-refractivity contribution in [1.82, 2.24) is 5.32 Å². The molecule has 1 nitrogen and oxygen atoms in total. The number of rotatable bonds is 17. The van der Waals surface area contributed by atoms with E-state index >= 15 is 0 Å². The van der Waals surface area contributed by atoms with E-state index < -0.39 is 0 Å². The highest BCUT2D eigenvalue weighted by Gasteiger charge is 2.59. The molecule has 0 bridgehead atoms. The smallest absolute Gasteiger partial charge is 0.00489 e. The van der Waals surface area contributed by atoms with E-state index in [0.717, 1.165) is 29.6 Å². The first-order valence-electron chi connectivity index (χ1n) is 17.8. The minimum absolute atomic E-state index is 0.683. The normalized spacial score (nSPS) is 37.2. The molecule has 0 aromatic rings. The fourth-order valence-electron chi connectivity index (χ4n) is 10.6. The molecule has 0 aliphatic heterocycles. The van der Waals surface area contributed by atoms with Gasteiger partial charge in [-0.15, -0.1) is 0 Å². The molecule has 4 aliphatic carbocycles. The molecule has 0 amide bonds. The summed E-state index contributed by atoms with van der Waals surface area (Å²) in [4.78, 5) is 0. The van der Waals surface area contributed by atoms with Gasteiger partial charge in [0, 0.05) is 0 Å². The van der Waals surface area contributed by atoms with Crippen LogP contribution in [0.4, 0.5) is 0 Å². The Hall–Kier alpha value is -0.0400. The van der Waals surface area contributed by atoms with Crippen LogP contribution in [0, 0.1) is 40.4 Å². The largest absolute Gasteiger partial charge is 0.317 e. The third-order valence-electron chi connectivity index (χ3n) is 12.9. The maximum absolute atomic E-state index is 3.78. The molecule has 0 spiro atoms. The monoisotopic (exact) mass is 514 g/mol. The van der Waals surface area contributed by atoms with Crippen LogP contribution >= 0.6 is 0 Å². The second kappa shape index (κ2) is 15.1. The number of hydrogen-bond acceptors (Lipinski definition) is 1. The first kappa shape index (κ1) is 29.9. The Labute approximate surface area is 233 Å². The Morgan fingerprint density at radius 2 is 1.22 bits per heavy atom. The van der Waals surface area contributed by atoms with Gasteiger partial charge in [0.2, 0.25) is 0 Å². The van der Waals surface area contributed by atoms with Crippen LogP contribution in [0.3, 0.4) is 0 Å². The van der Waals surface area contributed by atoms with Gasteiger partial charge in [0.1, 0.15) is 0 Å². The lowest BCUT2D eigenvalue weighted by Gasteiger charge is -2.60. The third kappa shape index (κ3) is 7.58. The van der Waals surface area contributed by atoms with Crippen LogP contribution in [0.1, 0.15) is 175 Å². The van der Waals surface area contributed by atoms with Crippen LogP contribution in [0.25, 0.3) is 0 Å². The van der Waals surface area contributed by atoms with Crippen LogP contribution in [0.2, 0.25) is 0 Å². The van der Waals surface area contributed by atoms with E-state index in [4.69, 9.17) is 0 Å². The lowest BCUT2D eigenvalue weighted by molar-refractivity contribution is -0.111. The highest BCUT2D eigenvalue weighted by molar-refractivity contribution is 5.08. The van der Waals surface area contributed by atoms with Crippen molar-refractivity contribution < 1.29 is 0 Å². The molecule has 0 aromatic carbocycles. The highest BCUT2D eigenvalue weighted by atomic mass is 14.8. The summed E-state index contributed by atoms with van der Waals surface area (Å²) in [6.07, 6.45) is 35.9. The second-order valence-corrected chi connectivity index (χ2v) is 15.0. The average molecular weight is 514 g/mol. The van der Waals surface area contributed by atoms with Crippen molar-refractivity contribution in [2.24, 2.45) is 40.4 Å². The molecule has 0 radical (unpaired) electrons. The van der Waals surface area contributed by atoms with Crippen LogP contribution in [-0.2, 0) is 0 Å². The average Bonchev–Trinajstić information content (AvgIpc) is 3.24. The van der Waals surface area contributed by atoms with Gasteiger partial charge in [-0.2, -0.15) is 0 Å². The Balaban J connectivity index is 1.03. The zero-order valence-electron chi connectivity index (χ0n) is 25.8. The van der Waals surface area contributed by atoms with E-state index in [1.807, 2.05) is 0 Å². The van der Waals surface area contributed by atoms with Crippen LogP contribution in [-0.4, -0.2) is 13.1 Å². The summed E-state index contributed by atoms with van der Waals surface area (Å²) in [6.45, 7) is 10.3. The van der Waals surface area contributed by atoms with Crippen molar-refractivity contribution >= 4 is 0 Å². The number of fused-ring (bicyclic) bond motifs is 5. The van der Waals surface area contributed by atoms with Gasteiger partial charge in [-0.05, 0) is 124 Å². The first-order chi connectivity index (χ1) is 18.1. The van der Waals surface area contributed by atoms with Crippen molar-refractivity contribution in [2.75, 3.05) is 13.1 Å². The SMILES string of the molecule is CCCCCCCCCCCCCNCCCCC1CCC2C3CCC4CCCCC4(C)C3CCC12C. The Morgan fingerprint density at radius 1 is 0.568 bits per heavy atom. The predicted octanol–water partition coefficient (Wildman–Crippen LogP) is 11.1. The Morgan fingerprint density at radius 3 is 1.95 bits per heavy atom. The van der Waals surface area contributed by atoms with E-state index in [2.05, 4.69) is 26.1 Å². The summed E-state index contributed by atoms with van der Waals surface area (Å²) in [7, 11) is 0. The topological polar surface area (TPSA) is 12.0 Å². The van der Waals surface area contributed by atoms with Crippen LogP contribution < -0.4 is 5.32 Å². The van der Waals surface area contributed by atoms with Crippen molar-refractivity contribution in [3.8, 4) is 0 Å². The molecular formula is C36H67N. The van der Waals surface area contributed by atoms with E-state index in [-0.39, 0.29) is 0 Å². The third-order valence-corrected chi connectivity index (χ3v) is 12.9. The van der Waals surface area contributed by atoms with Gasteiger partial charge in [0.25, 0.3) is 0 Å². The van der Waals surface area contributed by atoms with Crippen molar-refractivity contribution in [3.05, 3.63) is 0 Å². The number of nitrogens with one attached hydrogen (secondary N) is 1. The van der Waals surface area contributed by atoms with Gasteiger partial charge >= 0.3 is 0 Å². The quantitative estimate of drug-likeness (QED) is 0.191. The van der Waals surface area contributed by atoms with E-state index in [1.165, 1.54) is 116 Å². The molecule has 7 unspecified atom stereocenters. The summed E-state index contributed by atoms with van der Waals surface area (Å²) < 4.78 is 0. The lowest BCUT2D eigenvalue weighted by atomic mass is 9.45. The molecule has 0 saturated heterocycles. The second-order valence-electron chi connectivity index (χ2n) is 15.0. The summed E-state index contributed by atoms with van der Waals surface area (Å²) in [5.41, 5.74) is 1.39. The molecule has 4 aliphatic rings. The molecule has 7 atom stereocenters. The van der Waals surface area contributed by atoms with Gasteiger partial charge in [-0.25, -0.2) is 0 Å². The van der Waals surface area contributed by atoms with Crippen LogP contribution in [0.15, 0.2) is 0 Å². The maximum Gasteiger partial charge on any atom is -0.00489 e. The summed E-state index contributed by atoms with van der Waals surface area (Å²) in [5.74, 6) is 5.32. The van der Waals surface area contributed by atoms with E-state index in [1.54, 1.807) is 51.4 Å². The number of hydrogen-bond donors (Lipinski definition) is 1. The minimum atomic E-state index is 0.683. The van der Waals surface area contributed by atoms with E-state index in [9.17, 15) is 0 Å². The maximum atomic E-state index is 3.78.